The Morgan fingerprint density at radius 3 is 2.00 bits per heavy atom. The maximum atomic E-state index is 13.1. The van der Waals surface area contributed by atoms with Crippen LogP contribution in [0.1, 0.15) is 62.6 Å². The number of hydrogen-bond donors (Lipinski definition) is 0. The lowest BCUT2D eigenvalue weighted by Crippen LogP contribution is -2.43. The summed E-state index contributed by atoms with van der Waals surface area (Å²) in [4.78, 5) is 14.8. The van der Waals surface area contributed by atoms with Gasteiger partial charge in [0.2, 0.25) is 0 Å². The van der Waals surface area contributed by atoms with Crippen LogP contribution in [0.3, 0.4) is 0 Å². The SMILES string of the molecule is CC(C)c1ccc(CN(C(=O)COc2ccc(C(C)C)cc2)C2CCS(=O)(=O)C2)cc1. The third-order valence-corrected chi connectivity index (χ3v) is 7.63. The predicted octanol–water partition coefficient (Wildman–Crippen LogP) is 4.53. The van der Waals surface area contributed by atoms with E-state index in [1.54, 1.807) is 4.90 Å². The minimum Gasteiger partial charge on any atom is -0.484 e. The first-order chi connectivity index (χ1) is 14.6. The Labute approximate surface area is 186 Å². The minimum absolute atomic E-state index is 0.0197. The standard InChI is InChI=1S/C25H33NO4S/c1-18(2)21-7-5-20(6-8-21)15-26(23-13-14-31(28,29)17-23)25(27)16-30-24-11-9-22(10-12-24)19(3)4/h5-12,18-19,23H,13-17H2,1-4H3. The summed E-state index contributed by atoms with van der Waals surface area (Å²) in [5.74, 6) is 1.46. The van der Waals surface area contributed by atoms with E-state index in [2.05, 4.69) is 39.8 Å². The highest BCUT2D eigenvalue weighted by atomic mass is 32.2. The highest BCUT2D eigenvalue weighted by Gasteiger charge is 2.34. The Balaban J connectivity index is 1.71. The number of carbonyl (C=O) groups is 1. The van der Waals surface area contributed by atoms with Crippen LogP contribution in [0.5, 0.6) is 5.75 Å². The molecule has 1 heterocycles. The minimum atomic E-state index is -3.10. The van der Waals surface area contributed by atoms with Crippen molar-refractivity contribution in [3.05, 3.63) is 65.2 Å². The molecule has 1 amide bonds. The van der Waals surface area contributed by atoms with Crippen molar-refractivity contribution in [3.8, 4) is 5.75 Å². The van der Waals surface area contributed by atoms with Gasteiger partial charge in [0.25, 0.3) is 5.91 Å². The molecule has 0 radical (unpaired) electrons. The number of nitrogens with zero attached hydrogens (tertiary/aromatic N) is 1. The highest BCUT2D eigenvalue weighted by molar-refractivity contribution is 7.91. The Hall–Kier alpha value is -2.34. The lowest BCUT2D eigenvalue weighted by atomic mass is 10.0. The summed E-state index contributed by atoms with van der Waals surface area (Å²) in [5.41, 5.74) is 3.43. The van der Waals surface area contributed by atoms with Crippen LogP contribution in [-0.2, 0) is 21.2 Å². The number of sulfone groups is 1. The molecule has 168 valence electrons. The topological polar surface area (TPSA) is 63.7 Å². The maximum absolute atomic E-state index is 13.1. The molecule has 0 aliphatic carbocycles. The summed E-state index contributed by atoms with van der Waals surface area (Å²) in [6, 6.07) is 15.6. The summed E-state index contributed by atoms with van der Waals surface area (Å²) >= 11 is 0. The van der Waals surface area contributed by atoms with Gasteiger partial charge in [-0.05, 0) is 47.1 Å². The van der Waals surface area contributed by atoms with Crippen molar-refractivity contribution in [1.82, 2.24) is 4.90 Å². The number of benzene rings is 2. The van der Waals surface area contributed by atoms with Crippen LogP contribution in [-0.4, -0.2) is 43.4 Å². The van der Waals surface area contributed by atoms with E-state index in [9.17, 15) is 13.2 Å². The lowest BCUT2D eigenvalue weighted by molar-refractivity contribution is -0.136. The fourth-order valence-electron chi connectivity index (χ4n) is 3.82. The first kappa shape index (κ1) is 23.3. The number of carbonyl (C=O) groups excluding carboxylic acids is 1. The van der Waals surface area contributed by atoms with Gasteiger partial charge in [0.1, 0.15) is 5.75 Å². The van der Waals surface area contributed by atoms with Crippen LogP contribution in [0.2, 0.25) is 0 Å². The molecule has 1 atom stereocenters. The molecule has 3 rings (SSSR count). The van der Waals surface area contributed by atoms with Gasteiger partial charge in [0.15, 0.2) is 16.4 Å². The van der Waals surface area contributed by atoms with Crippen LogP contribution in [0, 0.1) is 0 Å². The van der Waals surface area contributed by atoms with E-state index in [1.165, 1.54) is 11.1 Å². The molecule has 1 unspecified atom stereocenters. The maximum Gasteiger partial charge on any atom is 0.261 e. The predicted molar refractivity (Wildman–Crippen MR) is 124 cm³/mol. The van der Waals surface area contributed by atoms with Crippen molar-refractivity contribution < 1.29 is 17.9 Å². The molecule has 6 heteroatoms. The fraction of sp³-hybridized carbons (Fsp3) is 0.480. The van der Waals surface area contributed by atoms with Crippen molar-refractivity contribution in [3.63, 3.8) is 0 Å². The van der Waals surface area contributed by atoms with Crippen molar-refractivity contribution in [1.29, 1.82) is 0 Å². The zero-order valence-electron chi connectivity index (χ0n) is 18.9. The van der Waals surface area contributed by atoms with Crippen molar-refractivity contribution in [2.24, 2.45) is 0 Å². The average Bonchev–Trinajstić information content (AvgIpc) is 3.10. The Morgan fingerprint density at radius 2 is 1.52 bits per heavy atom. The van der Waals surface area contributed by atoms with Crippen molar-refractivity contribution in [2.45, 2.75) is 58.5 Å². The second kappa shape index (κ2) is 9.86. The van der Waals surface area contributed by atoms with Gasteiger partial charge in [-0.25, -0.2) is 8.42 Å². The molecule has 2 aromatic rings. The summed E-state index contributed by atoms with van der Waals surface area (Å²) in [6.07, 6.45) is 0.473. The largest absolute Gasteiger partial charge is 0.484 e. The third-order valence-electron chi connectivity index (χ3n) is 5.88. The van der Waals surface area contributed by atoms with Crippen LogP contribution in [0.4, 0.5) is 0 Å². The van der Waals surface area contributed by atoms with Crippen LogP contribution in [0.25, 0.3) is 0 Å². The first-order valence-electron chi connectivity index (χ1n) is 11.0. The summed E-state index contributed by atoms with van der Waals surface area (Å²) < 4.78 is 29.8. The molecule has 0 N–H and O–H groups in total. The second-order valence-corrected chi connectivity index (χ2v) is 11.2. The lowest BCUT2D eigenvalue weighted by Gasteiger charge is -2.28. The normalized spacial score (nSPS) is 17.8. The Morgan fingerprint density at radius 1 is 0.968 bits per heavy atom. The molecule has 2 aromatic carbocycles. The molecular formula is C25H33NO4S. The van der Waals surface area contributed by atoms with E-state index < -0.39 is 9.84 Å². The summed E-state index contributed by atoms with van der Waals surface area (Å²) in [7, 11) is -3.10. The number of hydrogen-bond acceptors (Lipinski definition) is 4. The zero-order valence-corrected chi connectivity index (χ0v) is 19.7. The van der Waals surface area contributed by atoms with Gasteiger partial charge >= 0.3 is 0 Å². The van der Waals surface area contributed by atoms with Gasteiger partial charge in [0, 0.05) is 12.6 Å². The van der Waals surface area contributed by atoms with Gasteiger partial charge in [-0.3, -0.25) is 4.79 Å². The van der Waals surface area contributed by atoms with E-state index in [4.69, 9.17) is 4.74 Å². The molecule has 0 saturated carbocycles. The van der Waals surface area contributed by atoms with E-state index in [1.807, 2.05) is 36.4 Å². The molecule has 5 nitrogen and oxygen atoms in total. The first-order valence-corrected chi connectivity index (χ1v) is 12.8. The molecule has 1 aliphatic heterocycles. The zero-order chi connectivity index (χ0) is 22.6. The van der Waals surface area contributed by atoms with Gasteiger partial charge in [-0.15, -0.1) is 0 Å². The molecule has 0 spiro atoms. The van der Waals surface area contributed by atoms with E-state index >= 15 is 0 Å². The van der Waals surface area contributed by atoms with Gasteiger partial charge in [0.05, 0.1) is 11.5 Å². The van der Waals surface area contributed by atoms with Gasteiger partial charge in [-0.2, -0.15) is 0 Å². The van der Waals surface area contributed by atoms with E-state index in [-0.39, 0.29) is 30.1 Å². The Bertz CT molecular complexity index is 979. The summed E-state index contributed by atoms with van der Waals surface area (Å²) in [6.45, 7) is 8.80. The molecule has 1 fully saturated rings. The molecule has 0 aromatic heterocycles. The fourth-order valence-corrected chi connectivity index (χ4v) is 5.55. The average molecular weight is 444 g/mol. The second-order valence-electron chi connectivity index (χ2n) is 8.99. The van der Waals surface area contributed by atoms with Crippen LogP contribution in [0.15, 0.2) is 48.5 Å². The Kier molecular flexibility index (Phi) is 7.42. The van der Waals surface area contributed by atoms with Crippen molar-refractivity contribution in [2.75, 3.05) is 18.1 Å². The monoisotopic (exact) mass is 443 g/mol. The summed E-state index contributed by atoms with van der Waals surface area (Å²) in [5, 5.41) is 0. The smallest absolute Gasteiger partial charge is 0.261 e. The molecule has 1 aliphatic rings. The number of ether oxygens (including phenoxy) is 1. The highest BCUT2D eigenvalue weighted by Crippen LogP contribution is 2.23. The van der Waals surface area contributed by atoms with E-state index in [0.717, 1.165) is 5.56 Å². The van der Waals surface area contributed by atoms with Crippen LogP contribution >= 0.6 is 0 Å². The molecular weight excluding hydrogens is 410 g/mol. The number of amides is 1. The molecule has 1 saturated heterocycles. The molecule has 31 heavy (non-hydrogen) atoms. The van der Waals surface area contributed by atoms with Gasteiger partial charge in [-0.1, -0.05) is 64.1 Å². The molecule has 0 bridgehead atoms. The van der Waals surface area contributed by atoms with Gasteiger partial charge < -0.3 is 9.64 Å². The quantitative estimate of drug-likeness (QED) is 0.601. The van der Waals surface area contributed by atoms with Crippen LogP contribution < -0.4 is 4.74 Å². The third kappa shape index (κ3) is 6.33. The van der Waals surface area contributed by atoms with E-state index in [0.29, 0.717) is 30.6 Å². The number of rotatable bonds is 8. The van der Waals surface area contributed by atoms with Crippen molar-refractivity contribution >= 4 is 15.7 Å².